The van der Waals surface area contributed by atoms with E-state index in [0.717, 1.165) is 5.56 Å². The van der Waals surface area contributed by atoms with E-state index in [0.29, 0.717) is 23.6 Å². The van der Waals surface area contributed by atoms with Crippen molar-refractivity contribution in [3.63, 3.8) is 0 Å². The third kappa shape index (κ3) is 6.76. The van der Waals surface area contributed by atoms with Crippen LogP contribution in [-0.2, 0) is 9.59 Å². The van der Waals surface area contributed by atoms with Gasteiger partial charge in [0, 0.05) is 36.5 Å². The quantitative estimate of drug-likeness (QED) is 0.537. The number of hydrogen-bond donors (Lipinski definition) is 2. The number of carbonyl (C=O) groups is 3. The van der Waals surface area contributed by atoms with Crippen LogP contribution in [0.2, 0.25) is 0 Å². The fourth-order valence-electron chi connectivity index (χ4n) is 1.92. The van der Waals surface area contributed by atoms with Gasteiger partial charge in [-0.25, -0.2) is 0 Å². The van der Waals surface area contributed by atoms with E-state index in [1.807, 2.05) is 19.1 Å². The number of hydrogen-bond acceptors (Lipinski definition) is 4. The molecular formula is C16H21NO4S. The van der Waals surface area contributed by atoms with Gasteiger partial charge in [0.25, 0.3) is 0 Å². The normalized spacial score (nSPS) is 11.7. The molecule has 0 bridgehead atoms. The van der Waals surface area contributed by atoms with Crippen molar-refractivity contribution in [2.45, 2.75) is 20.3 Å². The van der Waals surface area contributed by atoms with Crippen molar-refractivity contribution in [3.05, 3.63) is 35.4 Å². The van der Waals surface area contributed by atoms with E-state index >= 15 is 0 Å². The molecule has 0 aliphatic carbocycles. The van der Waals surface area contributed by atoms with E-state index in [4.69, 9.17) is 5.11 Å². The molecule has 1 amide bonds. The molecule has 0 spiro atoms. The van der Waals surface area contributed by atoms with Gasteiger partial charge in [0.05, 0.1) is 6.42 Å². The second-order valence-electron chi connectivity index (χ2n) is 5.08. The van der Waals surface area contributed by atoms with Gasteiger partial charge in [-0.3, -0.25) is 14.4 Å². The Morgan fingerprint density at radius 3 is 2.41 bits per heavy atom. The number of thioether (sulfide) groups is 1. The lowest BCUT2D eigenvalue weighted by Crippen LogP contribution is -2.24. The van der Waals surface area contributed by atoms with Gasteiger partial charge >= 0.3 is 5.97 Å². The van der Waals surface area contributed by atoms with Gasteiger partial charge in [0.15, 0.2) is 5.78 Å². The number of nitrogens with one attached hydrogen (secondary N) is 1. The second-order valence-corrected chi connectivity index (χ2v) is 6.23. The van der Waals surface area contributed by atoms with E-state index in [9.17, 15) is 14.4 Å². The maximum absolute atomic E-state index is 12.4. The number of aryl methyl sites for hydroxylation is 1. The topological polar surface area (TPSA) is 83.5 Å². The van der Waals surface area contributed by atoms with Crippen LogP contribution < -0.4 is 5.32 Å². The first-order valence-corrected chi connectivity index (χ1v) is 8.20. The molecule has 2 N–H and O–H groups in total. The molecule has 1 unspecified atom stereocenters. The zero-order valence-corrected chi connectivity index (χ0v) is 13.6. The lowest BCUT2D eigenvalue weighted by Gasteiger charge is -2.14. The molecule has 1 aromatic rings. The van der Waals surface area contributed by atoms with Crippen LogP contribution in [0, 0.1) is 12.8 Å². The molecule has 0 aliphatic heterocycles. The van der Waals surface area contributed by atoms with Crippen molar-refractivity contribution in [2.24, 2.45) is 5.92 Å². The number of aliphatic carboxylic acids is 1. The van der Waals surface area contributed by atoms with E-state index in [1.54, 1.807) is 12.1 Å². The molecule has 1 rings (SSSR count). The highest BCUT2D eigenvalue weighted by molar-refractivity contribution is 7.99. The van der Waals surface area contributed by atoms with Gasteiger partial charge in [-0.2, -0.15) is 11.8 Å². The van der Waals surface area contributed by atoms with Gasteiger partial charge in [0.2, 0.25) is 5.91 Å². The summed E-state index contributed by atoms with van der Waals surface area (Å²) in [6.07, 6.45) is -0.181. The van der Waals surface area contributed by atoms with Gasteiger partial charge in [-0.15, -0.1) is 0 Å². The molecule has 0 heterocycles. The average Bonchev–Trinajstić information content (AvgIpc) is 2.45. The molecule has 0 aliphatic rings. The largest absolute Gasteiger partial charge is 0.481 e. The highest BCUT2D eigenvalue weighted by atomic mass is 32.2. The molecular weight excluding hydrogens is 302 g/mol. The summed E-state index contributed by atoms with van der Waals surface area (Å²) < 4.78 is 0. The van der Waals surface area contributed by atoms with Crippen LogP contribution in [0.3, 0.4) is 0 Å². The number of carboxylic acid groups (broad SMARTS) is 1. The fraction of sp³-hybridized carbons (Fsp3) is 0.438. The first kappa shape index (κ1) is 18.2. The molecule has 5 nitrogen and oxygen atoms in total. The first-order valence-electron chi connectivity index (χ1n) is 7.05. The Morgan fingerprint density at radius 1 is 1.23 bits per heavy atom. The molecule has 0 saturated carbocycles. The molecule has 0 fully saturated rings. The van der Waals surface area contributed by atoms with Crippen LogP contribution in [0.4, 0.5) is 0 Å². The zero-order chi connectivity index (χ0) is 16.5. The van der Waals surface area contributed by atoms with Gasteiger partial charge in [0.1, 0.15) is 0 Å². The molecule has 0 radical (unpaired) electrons. The van der Waals surface area contributed by atoms with E-state index < -0.39 is 11.9 Å². The third-order valence-electron chi connectivity index (χ3n) is 3.07. The summed E-state index contributed by atoms with van der Waals surface area (Å²) in [5, 5.41) is 11.6. The summed E-state index contributed by atoms with van der Waals surface area (Å²) in [6, 6.07) is 7.15. The summed E-state index contributed by atoms with van der Waals surface area (Å²) in [5.74, 6) is -0.696. The van der Waals surface area contributed by atoms with Crippen molar-refractivity contribution in [3.8, 4) is 0 Å². The minimum Gasteiger partial charge on any atom is -0.481 e. The van der Waals surface area contributed by atoms with Gasteiger partial charge in [-0.1, -0.05) is 29.8 Å². The van der Waals surface area contributed by atoms with E-state index in [-0.39, 0.29) is 18.1 Å². The Hall–Kier alpha value is -1.82. The number of ketones is 1. The minimum absolute atomic E-state index is 0.0987. The lowest BCUT2D eigenvalue weighted by atomic mass is 9.96. The third-order valence-corrected chi connectivity index (χ3v) is 4.20. The highest BCUT2D eigenvalue weighted by Gasteiger charge is 2.22. The van der Waals surface area contributed by atoms with Gasteiger partial charge < -0.3 is 10.4 Å². The molecule has 6 heteroatoms. The number of benzene rings is 1. The summed E-state index contributed by atoms with van der Waals surface area (Å²) in [5.41, 5.74) is 1.59. The summed E-state index contributed by atoms with van der Waals surface area (Å²) >= 11 is 1.47. The maximum atomic E-state index is 12.4. The van der Waals surface area contributed by atoms with Crippen molar-refractivity contribution in [1.29, 1.82) is 0 Å². The average molecular weight is 323 g/mol. The monoisotopic (exact) mass is 323 g/mol. The number of carboxylic acids is 1. The van der Waals surface area contributed by atoms with Crippen LogP contribution in [0.15, 0.2) is 24.3 Å². The van der Waals surface area contributed by atoms with E-state index in [2.05, 4.69) is 5.32 Å². The zero-order valence-electron chi connectivity index (χ0n) is 12.8. The van der Waals surface area contributed by atoms with Crippen molar-refractivity contribution in [1.82, 2.24) is 5.32 Å². The van der Waals surface area contributed by atoms with Crippen LogP contribution in [-0.4, -0.2) is 40.8 Å². The molecule has 120 valence electrons. The van der Waals surface area contributed by atoms with Crippen LogP contribution in [0.1, 0.15) is 29.3 Å². The van der Waals surface area contributed by atoms with Crippen molar-refractivity contribution < 1.29 is 19.5 Å². The second kappa shape index (κ2) is 9.25. The predicted octanol–water partition coefficient (Wildman–Crippen LogP) is 2.14. The van der Waals surface area contributed by atoms with Crippen molar-refractivity contribution in [2.75, 3.05) is 18.1 Å². The Morgan fingerprint density at radius 2 is 1.86 bits per heavy atom. The smallest absolute Gasteiger partial charge is 0.304 e. The maximum Gasteiger partial charge on any atom is 0.304 e. The highest BCUT2D eigenvalue weighted by Crippen LogP contribution is 2.18. The lowest BCUT2D eigenvalue weighted by molar-refractivity contribution is -0.137. The Balaban J connectivity index is 2.59. The fourth-order valence-corrected chi connectivity index (χ4v) is 2.88. The summed E-state index contributed by atoms with van der Waals surface area (Å²) in [4.78, 5) is 34.1. The number of carbonyl (C=O) groups excluding carboxylic acids is 2. The molecule has 0 saturated heterocycles. The van der Waals surface area contributed by atoms with Crippen molar-refractivity contribution >= 4 is 29.4 Å². The predicted molar refractivity (Wildman–Crippen MR) is 87.3 cm³/mol. The Kier molecular flexibility index (Phi) is 7.66. The number of Topliss-reactive ketones (excluding diaryl/α,β-unsaturated/α-hetero) is 1. The molecule has 1 aromatic carbocycles. The Bertz CT molecular complexity index is 527. The molecule has 0 aromatic heterocycles. The van der Waals surface area contributed by atoms with Crippen LogP contribution in [0.25, 0.3) is 0 Å². The standard InChI is InChI=1S/C16H21NO4S/c1-11-3-5-13(6-4-11)16(21)14(9-15(19)20)10-22-8-7-17-12(2)18/h3-6,14H,7-10H2,1-2H3,(H,17,18)(H,19,20). The summed E-state index contributed by atoms with van der Waals surface area (Å²) in [7, 11) is 0. The molecule has 1 atom stereocenters. The van der Waals surface area contributed by atoms with Gasteiger partial charge in [-0.05, 0) is 6.92 Å². The Labute approximate surface area is 134 Å². The van der Waals surface area contributed by atoms with Crippen LogP contribution >= 0.6 is 11.8 Å². The first-order chi connectivity index (χ1) is 10.4. The number of amides is 1. The SMILES string of the molecule is CC(=O)NCCSCC(CC(=O)O)C(=O)c1ccc(C)cc1. The molecule has 22 heavy (non-hydrogen) atoms. The summed E-state index contributed by atoms with van der Waals surface area (Å²) in [6.45, 7) is 3.89. The van der Waals surface area contributed by atoms with Crippen LogP contribution in [0.5, 0.6) is 0 Å². The number of rotatable bonds is 9. The van der Waals surface area contributed by atoms with E-state index in [1.165, 1.54) is 18.7 Å². The minimum atomic E-state index is -0.979.